The van der Waals surface area contributed by atoms with Crippen LogP contribution in [0.4, 0.5) is 4.79 Å². The number of guanidine groups is 1. The van der Waals surface area contributed by atoms with Gasteiger partial charge in [0.05, 0.1) is 13.2 Å². The molecule has 1 aromatic rings. The number of amides is 3. The van der Waals surface area contributed by atoms with E-state index in [9.17, 15) is 14.4 Å². The molecule has 1 heterocycles. The van der Waals surface area contributed by atoms with Crippen LogP contribution in [0.5, 0.6) is 0 Å². The van der Waals surface area contributed by atoms with Gasteiger partial charge < -0.3 is 36.8 Å². The summed E-state index contributed by atoms with van der Waals surface area (Å²) in [5, 5.41) is 14.6. The molecule has 7 N–H and O–H groups in total. The molecule has 1 aliphatic heterocycles. The Balaban J connectivity index is 2.10. The van der Waals surface area contributed by atoms with Crippen LogP contribution in [0.1, 0.15) is 18.4 Å². The molecule has 180 valence electrons. The predicted molar refractivity (Wildman–Crippen MR) is 123 cm³/mol. The highest BCUT2D eigenvalue weighted by Crippen LogP contribution is 2.07. The summed E-state index contributed by atoms with van der Waals surface area (Å²) in [4.78, 5) is 42.4. The molecule has 2 rings (SSSR count). The minimum Gasteiger partial charge on any atom is -0.478 e. The molecule has 1 saturated heterocycles. The van der Waals surface area contributed by atoms with Crippen LogP contribution in [0.3, 0.4) is 0 Å². The molecule has 3 amide bonds. The lowest BCUT2D eigenvalue weighted by Crippen LogP contribution is -2.55. The Hall–Kier alpha value is -3.60. The van der Waals surface area contributed by atoms with Gasteiger partial charge in [0.25, 0.3) is 0 Å². The van der Waals surface area contributed by atoms with Crippen molar-refractivity contribution >= 4 is 23.9 Å². The number of rotatable bonds is 11. The van der Waals surface area contributed by atoms with Crippen LogP contribution in [0.15, 0.2) is 47.5 Å². The first-order chi connectivity index (χ1) is 15.8. The number of morpholine rings is 1. The molecule has 11 heteroatoms. The quantitative estimate of drug-likeness (QED) is 0.132. The molecule has 1 aliphatic rings. The van der Waals surface area contributed by atoms with Gasteiger partial charge in [0.2, 0.25) is 5.91 Å². The first-order valence-electron chi connectivity index (χ1n) is 10.8. The van der Waals surface area contributed by atoms with E-state index in [0.29, 0.717) is 45.7 Å². The Morgan fingerprint density at radius 1 is 1.15 bits per heavy atom. The summed E-state index contributed by atoms with van der Waals surface area (Å²) in [6.45, 7) is 2.12. The number of carboxylic acids is 1. The number of nitrogens with one attached hydrogen (secondary N) is 2. The highest BCUT2D eigenvalue weighted by atomic mass is 16.5. The summed E-state index contributed by atoms with van der Waals surface area (Å²) in [5.41, 5.74) is 11.5. The Morgan fingerprint density at radius 3 is 2.48 bits per heavy atom. The maximum Gasteiger partial charge on any atom is 0.328 e. The molecule has 33 heavy (non-hydrogen) atoms. The number of urea groups is 1. The van der Waals surface area contributed by atoms with E-state index in [1.807, 2.05) is 30.3 Å². The summed E-state index contributed by atoms with van der Waals surface area (Å²) >= 11 is 0. The highest BCUT2D eigenvalue weighted by molar-refractivity contribution is 5.88. The van der Waals surface area contributed by atoms with Crippen molar-refractivity contribution in [3.8, 4) is 0 Å². The van der Waals surface area contributed by atoms with Gasteiger partial charge in [0.1, 0.15) is 6.04 Å². The fraction of sp³-hybridized carbons (Fsp3) is 0.455. The fourth-order valence-electron chi connectivity index (χ4n) is 3.28. The summed E-state index contributed by atoms with van der Waals surface area (Å²) in [7, 11) is 0. The third-order valence-electron chi connectivity index (χ3n) is 4.96. The summed E-state index contributed by atoms with van der Waals surface area (Å²) < 4.78 is 5.28. The smallest absolute Gasteiger partial charge is 0.328 e. The van der Waals surface area contributed by atoms with Crippen molar-refractivity contribution in [2.24, 2.45) is 16.5 Å². The molecule has 1 fully saturated rings. The Labute approximate surface area is 192 Å². The van der Waals surface area contributed by atoms with Gasteiger partial charge in [-0.1, -0.05) is 36.4 Å². The van der Waals surface area contributed by atoms with E-state index in [4.69, 9.17) is 21.3 Å². The molecule has 2 unspecified atom stereocenters. The third kappa shape index (κ3) is 10.0. The van der Waals surface area contributed by atoms with Crippen molar-refractivity contribution in [1.29, 1.82) is 0 Å². The van der Waals surface area contributed by atoms with E-state index in [1.165, 1.54) is 6.08 Å². The van der Waals surface area contributed by atoms with Crippen LogP contribution in [0.25, 0.3) is 0 Å². The zero-order valence-corrected chi connectivity index (χ0v) is 18.5. The number of nitrogens with zero attached hydrogens (tertiary/aromatic N) is 2. The number of carbonyl (C=O) groups is 3. The summed E-state index contributed by atoms with van der Waals surface area (Å²) in [6.07, 6.45) is 3.60. The lowest BCUT2D eigenvalue weighted by Gasteiger charge is -2.29. The second-order valence-electron chi connectivity index (χ2n) is 7.55. The first-order valence-corrected chi connectivity index (χ1v) is 10.8. The largest absolute Gasteiger partial charge is 0.478 e. The average molecular weight is 461 g/mol. The van der Waals surface area contributed by atoms with Crippen LogP contribution in [-0.4, -0.2) is 78.8 Å². The van der Waals surface area contributed by atoms with Crippen LogP contribution >= 0.6 is 0 Å². The van der Waals surface area contributed by atoms with Gasteiger partial charge in [-0.05, 0) is 18.4 Å². The predicted octanol–water partition coefficient (Wildman–Crippen LogP) is -0.181. The number of hydrogen-bond donors (Lipinski definition) is 5. The molecule has 1 aromatic carbocycles. The number of aliphatic imine (C=N–C) groups is 1. The van der Waals surface area contributed by atoms with E-state index >= 15 is 0 Å². The van der Waals surface area contributed by atoms with Gasteiger partial charge in [-0.25, -0.2) is 9.59 Å². The lowest BCUT2D eigenvalue weighted by atomic mass is 10.0. The van der Waals surface area contributed by atoms with Crippen molar-refractivity contribution in [3.05, 3.63) is 48.0 Å². The Kier molecular flexibility index (Phi) is 10.7. The number of nitrogens with two attached hydrogens (primary N) is 2. The van der Waals surface area contributed by atoms with Gasteiger partial charge in [0.15, 0.2) is 5.96 Å². The van der Waals surface area contributed by atoms with Crippen molar-refractivity contribution in [2.45, 2.75) is 31.3 Å². The molecule has 2 atom stereocenters. The third-order valence-corrected chi connectivity index (χ3v) is 4.96. The van der Waals surface area contributed by atoms with Gasteiger partial charge in [0, 0.05) is 38.2 Å². The van der Waals surface area contributed by atoms with Crippen molar-refractivity contribution in [3.63, 3.8) is 0 Å². The van der Waals surface area contributed by atoms with Gasteiger partial charge in [-0.2, -0.15) is 0 Å². The minimum absolute atomic E-state index is 0.0367. The van der Waals surface area contributed by atoms with Crippen LogP contribution in [0, 0.1) is 0 Å². The highest BCUT2D eigenvalue weighted by Gasteiger charge is 2.26. The minimum atomic E-state index is -1.13. The SMILES string of the molecule is NC(N)=NCCCC(/C=C/C(=O)O)NC(=O)C(Cc1ccccc1)NC(=O)N1CCOCC1. The molecule has 11 nitrogen and oxygen atoms in total. The van der Waals surface area contributed by atoms with Gasteiger partial charge in [-0.15, -0.1) is 0 Å². The molecule has 0 spiro atoms. The number of hydrogen-bond acceptors (Lipinski definition) is 5. The summed E-state index contributed by atoms with van der Waals surface area (Å²) in [6, 6.07) is 7.57. The van der Waals surface area contributed by atoms with E-state index in [2.05, 4.69) is 15.6 Å². The zero-order chi connectivity index (χ0) is 24.1. The topological polar surface area (TPSA) is 172 Å². The standard InChI is InChI=1S/C22H32N6O5/c23-21(24)25-10-4-7-17(8-9-19(29)30)26-20(31)18(15-16-5-2-1-3-6-16)27-22(32)28-11-13-33-14-12-28/h1-3,5-6,8-9,17-18H,4,7,10-15H2,(H,26,31)(H,27,32)(H,29,30)(H4,23,24,25)/b9-8+. The van der Waals surface area contributed by atoms with E-state index in [-0.39, 0.29) is 18.4 Å². The number of aliphatic carboxylic acids is 1. The normalized spacial score (nSPS) is 15.5. The monoisotopic (exact) mass is 460 g/mol. The second-order valence-corrected chi connectivity index (χ2v) is 7.55. The van der Waals surface area contributed by atoms with E-state index < -0.39 is 24.0 Å². The number of ether oxygens (including phenoxy) is 1. The lowest BCUT2D eigenvalue weighted by molar-refractivity contribution is -0.131. The van der Waals surface area contributed by atoms with Crippen LogP contribution < -0.4 is 22.1 Å². The van der Waals surface area contributed by atoms with Gasteiger partial charge in [-0.3, -0.25) is 9.79 Å². The van der Waals surface area contributed by atoms with Crippen molar-refractivity contribution in [2.75, 3.05) is 32.8 Å². The maximum absolute atomic E-state index is 13.1. The van der Waals surface area contributed by atoms with Crippen LogP contribution in [0.2, 0.25) is 0 Å². The molecule has 0 bridgehead atoms. The van der Waals surface area contributed by atoms with Crippen molar-refractivity contribution < 1.29 is 24.2 Å². The second kappa shape index (κ2) is 13.7. The number of carbonyl (C=O) groups excluding carboxylic acids is 2. The Morgan fingerprint density at radius 2 is 1.85 bits per heavy atom. The molecule has 0 saturated carbocycles. The summed E-state index contributed by atoms with van der Waals surface area (Å²) in [5.74, 6) is -1.58. The zero-order valence-electron chi connectivity index (χ0n) is 18.5. The number of carboxylic acid groups (broad SMARTS) is 1. The molecule has 0 radical (unpaired) electrons. The fourth-order valence-corrected chi connectivity index (χ4v) is 3.28. The average Bonchev–Trinajstić information content (AvgIpc) is 2.80. The van der Waals surface area contributed by atoms with Gasteiger partial charge >= 0.3 is 12.0 Å². The number of benzene rings is 1. The molecular weight excluding hydrogens is 428 g/mol. The molecule has 0 aliphatic carbocycles. The Bertz CT molecular complexity index is 835. The molecule has 0 aromatic heterocycles. The first kappa shape index (κ1) is 25.7. The van der Waals surface area contributed by atoms with E-state index in [0.717, 1.165) is 11.6 Å². The maximum atomic E-state index is 13.1. The van der Waals surface area contributed by atoms with Crippen LogP contribution in [-0.2, 0) is 20.7 Å². The van der Waals surface area contributed by atoms with E-state index in [1.54, 1.807) is 4.90 Å². The molecular formula is C22H32N6O5. The van der Waals surface area contributed by atoms with Crippen molar-refractivity contribution in [1.82, 2.24) is 15.5 Å².